The highest BCUT2D eigenvalue weighted by Gasteiger charge is 2.49. The van der Waals surface area contributed by atoms with E-state index in [1.54, 1.807) is 0 Å². The highest BCUT2D eigenvalue weighted by Crippen LogP contribution is 2.44. The van der Waals surface area contributed by atoms with Gasteiger partial charge >= 0.3 is 7.82 Å². The summed E-state index contributed by atoms with van der Waals surface area (Å²) in [5.74, 6) is 0.593. The number of rotatable bonds is 4. The average Bonchev–Trinajstić information content (AvgIpc) is 3.43. The van der Waals surface area contributed by atoms with E-state index in [0.29, 0.717) is 36.7 Å². The molecule has 14 heteroatoms. The summed E-state index contributed by atoms with van der Waals surface area (Å²) < 4.78 is 22.9. The zero-order valence-electron chi connectivity index (χ0n) is 22.2. The Labute approximate surface area is 228 Å². The molecule has 0 bridgehead atoms. The highest BCUT2D eigenvalue weighted by atomic mass is 31.2. The lowest BCUT2D eigenvalue weighted by atomic mass is 9.73. The summed E-state index contributed by atoms with van der Waals surface area (Å²) in [6.07, 6.45) is 10.0. The number of carbonyl (C=O) groups is 1. The van der Waals surface area contributed by atoms with Gasteiger partial charge in [0.05, 0.1) is 29.9 Å². The molecule has 1 aromatic heterocycles. The lowest BCUT2D eigenvalue weighted by molar-refractivity contribution is -0.126. The van der Waals surface area contributed by atoms with Crippen LogP contribution in [0.4, 0.5) is 5.82 Å². The smallest absolute Gasteiger partial charge is 0.387 e. The van der Waals surface area contributed by atoms with E-state index in [9.17, 15) is 19.6 Å². The number of carbonyl (C=O) groups excluding carboxylic acids is 1. The molecule has 1 spiro atoms. The van der Waals surface area contributed by atoms with Gasteiger partial charge in [0.15, 0.2) is 6.23 Å². The Kier molecular flexibility index (Phi) is 10.1. The first kappa shape index (κ1) is 30.0. The maximum atomic E-state index is 13.8. The number of aliphatic hydroxyl groups is 2. The molecule has 4 rings (SSSR count). The molecule has 0 aliphatic carbocycles. The summed E-state index contributed by atoms with van der Waals surface area (Å²) in [6, 6.07) is 0. The van der Waals surface area contributed by atoms with Crippen molar-refractivity contribution in [2.24, 2.45) is 5.73 Å². The zero-order chi connectivity index (χ0) is 28.0. The second kappa shape index (κ2) is 13.1. The van der Waals surface area contributed by atoms with Gasteiger partial charge in [-0.25, -0.2) is 9.55 Å². The third kappa shape index (κ3) is 7.21. The van der Waals surface area contributed by atoms with Crippen LogP contribution in [0.1, 0.15) is 89.0 Å². The summed E-state index contributed by atoms with van der Waals surface area (Å²) in [5.41, 5.74) is 5.76. The molecule has 1 saturated heterocycles. The number of anilines is 1. The van der Waals surface area contributed by atoms with Gasteiger partial charge in [-0.1, -0.05) is 51.4 Å². The number of amides is 1. The van der Waals surface area contributed by atoms with Crippen LogP contribution in [-0.2, 0) is 24.0 Å². The molecule has 0 aromatic carbocycles. The Morgan fingerprint density at radius 2 is 1.74 bits per heavy atom. The van der Waals surface area contributed by atoms with Crippen LogP contribution in [0, 0.1) is 0 Å². The van der Waals surface area contributed by atoms with Gasteiger partial charge < -0.3 is 41.1 Å². The van der Waals surface area contributed by atoms with Crippen LogP contribution in [0.25, 0.3) is 0 Å². The Balaban J connectivity index is 1.59. The molecule has 1 amide bonds. The molecular formula is C25H42N5O8P. The third-order valence-electron chi connectivity index (χ3n) is 7.97. The number of aliphatic hydroxyl groups excluding tert-OH is 2. The number of nitrogens with two attached hydrogens (primary N) is 1. The lowest BCUT2D eigenvalue weighted by Crippen LogP contribution is -2.49. The fourth-order valence-electron chi connectivity index (χ4n) is 5.81. The summed E-state index contributed by atoms with van der Waals surface area (Å²) in [5, 5.41) is 27.3. The summed E-state index contributed by atoms with van der Waals surface area (Å²) in [7, 11) is -4.79. The van der Waals surface area contributed by atoms with Gasteiger partial charge in [-0.2, -0.15) is 0 Å². The van der Waals surface area contributed by atoms with Crippen molar-refractivity contribution < 1.29 is 38.6 Å². The molecule has 3 aliphatic rings. The van der Waals surface area contributed by atoms with Crippen molar-refractivity contribution in [2.45, 2.75) is 107 Å². The SMILES string of the molecule is N/C1=C\CCCCCCCCCCCC2(CCNc3c2ncn3C2OC(COP(=O)(O)O)C(O)C2O)C(=O)N1. The standard InChI is InChI=1S/C25H42N5O8P/c26-18-11-9-7-5-3-1-2-4-6-8-10-12-25(24(33)29-18)13-14-27-22-21(25)28-16-30(22)23-20(32)19(31)17(38-23)15-37-39(34,35)36/h11,16-17,19-20,23,27,31-32H,1-10,12-15,26H2,(H,29,33)(H2,34,35,36)/b18-11+. The number of allylic oxidation sites excluding steroid dienone is 1. The predicted octanol–water partition coefficient (Wildman–Crippen LogP) is 1.89. The molecule has 4 heterocycles. The van der Waals surface area contributed by atoms with Crippen LogP contribution >= 0.6 is 7.82 Å². The van der Waals surface area contributed by atoms with E-state index < -0.39 is 44.4 Å². The second-order valence-electron chi connectivity index (χ2n) is 10.8. The van der Waals surface area contributed by atoms with E-state index >= 15 is 0 Å². The number of imidazole rings is 1. The summed E-state index contributed by atoms with van der Waals surface area (Å²) >= 11 is 0. The molecule has 13 nitrogen and oxygen atoms in total. The number of hydrogen-bond donors (Lipinski definition) is 7. The number of nitrogens with one attached hydrogen (secondary N) is 2. The fourth-order valence-corrected chi connectivity index (χ4v) is 6.15. The molecule has 1 fully saturated rings. The molecule has 0 radical (unpaired) electrons. The summed E-state index contributed by atoms with van der Waals surface area (Å²) in [4.78, 5) is 36.4. The molecule has 220 valence electrons. The topological polar surface area (TPSA) is 201 Å². The van der Waals surface area contributed by atoms with Gasteiger partial charge in [0.25, 0.3) is 0 Å². The minimum Gasteiger partial charge on any atom is -0.387 e. The Morgan fingerprint density at radius 3 is 2.44 bits per heavy atom. The van der Waals surface area contributed by atoms with Crippen molar-refractivity contribution in [3.63, 3.8) is 0 Å². The number of nitrogens with zero attached hydrogens (tertiary/aromatic N) is 2. The van der Waals surface area contributed by atoms with E-state index in [1.165, 1.54) is 36.6 Å². The first-order chi connectivity index (χ1) is 18.6. The van der Waals surface area contributed by atoms with Crippen molar-refractivity contribution in [1.29, 1.82) is 0 Å². The number of ether oxygens (including phenoxy) is 1. The number of phosphoric acid groups is 1. The van der Waals surface area contributed by atoms with Gasteiger partial charge in [-0.05, 0) is 31.8 Å². The molecule has 5 atom stereocenters. The molecule has 8 N–H and O–H groups in total. The maximum absolute atomic E-state index is 13.8. The minimum absolute atomic E-state index is 0.225. The van der Waals surface area contributed by atoms with Crippen molar-refractivity contribution in [3.8, 4) is 0 Å². The van der Waals surface area contributed by atoms with Crippen LogP contribution in [0.2, 0.25) is 0 Å². The quantitative estimate of drug-likeness (QED) is 0.260. The van der Waals surface area contributed by atoms with Gasteiger partial charge in [-0.3, -0.25) is 13.9 Å². The molecule has 0 saturated carbocycles. The van der Waals surface area contributed by atoms with Crippen molar-refractivity contribution in [2.75, 3.05) is 18.5 Å². The first-order valence-electron chi connectivity index (χ1n) is 13.9. The van der Waals surface area contributed by atoms with Gasteiger partial charge in [0.1, 0.15) is 24.1 Å². The normalized spacial score (nSPS) is 33.1. The van der Waals surface area contributed by atoms with Crippen molar-refractivity contribution >= 4 is 19.5 Å². The van der Waals surface area contributed by atoms with E-state index in [0.717, 1.165) is 38.5 Å². The summed E-state index contributed by atoms with van der Waals surface area (Å²) in [6.45, 7) is -0.146. The van der Waals surface area contributed by atoms with Gasteiger partial charge in [-0.15, -0.1) is 0 Å². The molecular weight excluding hydrogens is 529 g/mol. The molecule has 39 heavy (non-hydrogen) atoms. The third-order valence-corrected chi connectivity index (χ3v) is 8.46. The number of phosphoric ester groups is 1. The minimum atomic E-state index is -4.79. The lowest BCUT2D eigenvalue weighted by Gasteiger charge is -2.36. The maximum Gasteiger partial charge on any atom is 0.469 e. The van der Waals surface area contributed by atoms with Crippen LogP contribution in [-0.4, -0.2) is 66.9 Å². The fraction of sp³-hybridized carbons (Fsp3) is 0.760. The Morgan fingerprint density at radius 1 is 1.08 bits per heavy atom. The van der Waals surface area contributed by atoms with Crippen LogP contribution in [0.3, 0.4) is 0 Å². The molecule has 1 aromatic rings. The molecule has 5 unspecified atom stereocenters. The largest absolute Gasteiger partial charge is 0.469 e. The van der Waals surface area contributed by atoms with Crippen LogP contribution in [0.5, 0.6) is 0 Å². The van der Waals surface area contributed by atoms with Crippen LogP contribution < -0.4 is 16.4 Å². The van der Waals surface area contributed by atoms with E-state index in [4.69, 9.17) is 20.3 Å². The first-order valence-corrected chi connectivity index (χ1v) is 15.5. The van der Waals surface area contributed by atoms with Gasteiger partial charge in [0, 0.05) is 6.54 Å². The Bertz CT molecular complexity index is 1060. The second-order valence-corrected chi connectivity index (χ2v) is 12.0. The van der Waals surface area contributed by atoms with Crippen LogP contribution in [0.15, 0.2) is 18.2 Å². The monoisotopic (exact) mass is 571 g/mol. The van der Waals surface area contributed by atoms with Crippen molar-refractivity contribution in [1.82, 2.24) is 14.9 Å². The number of aromatic nitrogens is 2. The Hall–Kier alpha value is -1.99. The van der Waals surface area contributed by atoms with E-state index in [2.05, 4.69) is 20.1 Å². The van der Waals surface area contributed by atoms with E-state index in [1.807, 2.05) is 6.08 Å². The highest BCUT2D eigenvalue weighted by molar-refractivity contribution is 7.46. The van der Waals surface area contributed by atoms with Gasteiger partial charge in [0.2, 0.25) is 5.91 Å². The number of hydrogen-bond acceptors (Lipinski definition) is 9. The van der Waals surface area contributed by atoms with Crippen molar-refractivity contribution in [3.05, 3.63) is 23.9 Å². The van der Waals surface area contributed by atoms with E-state index in [-0.39, 0.29) is 5.91 Å². The molecule has 3 aliphatic heterocycles. The zero-order valence-corrected chi connectivity index (χ0v) is 23.1. The predicted molar refractivity (Wildman–Crippen MR) is 142 cm³/mol. The average molecular weight is 572 g/mol. The number of fused-ring (bicyclic) bond motifs is 2.